The monoisotopic (exact) mass is 326 g/mol. The summed E-state index contributed by atoms with van der Waals surface area (Å²) in [7, 11) is 0. The summed E-state index contributed by atoms with van der Waals surface area (Å²) in [5, 5.41) is 0. The van der Waals surface area contributed by atoms with Gasteiger partial charge in [0, 0.05) is 56.0 Å². The number of anilines is 1. The number of rotatable bonds is 2. The zero-order valence-electron chi connectivity index (χ0n) is 13.5. The van der Waals surface area contributed by atoms with Crippen LogP contribution in [-0.2, 0) is 0 Å². The molecular weight excluding hydrogens is 307 g/mol. The molecule has 2 fully saturated rings. The molecule has 0 bridgehead atoms. The van der Waals surface area contributed by atoms with E-state index in [1.54, 1.807) is 0 Å². The predicted octanol–water partition coefficient (Wildman–Crippen LogP) is 2.13. The molecule has 1 aromatic heterocycles. The number of amides is 1. The van der Waals surface area contributed by atoms with Gasteiger partial charge in [0.15, 0.2) is 5.82 Å². The van der Waals surface area contributed by atoms with Crippen LogP contribution >= 0.6 is 0 Å². The highest BCUT2D eigenvalue weighted by Crippen LogP contribution is 2.34. The fourth-order valence-corrected chi connectivity index (χ4v) is 3.84. The minimum Gasteiger partial charge on any atom is -0.352 e. The van der Waals surface area contributed by atoms with Crippen LogP contribution in [0.5, 0.6) is 0 Å². The van der Waals surface area contributed by atoms with E-state index in [4.69, 9.17) is 0 Å². The van der Waals surface area contributed by atoms with Gasteiger partial charge in [-0.3, -0.25) is 4.79 Å². The molecule has 2 aliphatic heterocycles. The van der Waals surface area contributed by atoms with Gasteiger partial charge < -0.3 is 9.80 Å². The Morgan fingerprint density at radius 1 is 1.08 bits per heavy atom. The number of carbonyl (C=O) groups is 1. The van der Waals surface area contributed by atoms with Crippen molar-refractivity contribution in [3.63, 3.8) is 0 Å². The lowest BCUT2D eigenvalue weighted by Gasteiger charge is -2.22. The average molecular weight is 326 g/mol. The summed E-state index contributed by atoms with van der Waals surface area (Å²) in [5.74, 6) is 0.618. The van der Waals surface area contributed by atoms with E-state index >= 15 is 0 Å². The highest BCUT2D eigenvalue weighted by atomic mass is 19.1. The molecule has 124 valence electrons. The van der Waals surface area contributed by atoms with Gasteiger partial charge in [0.1, 0.15) is 0 Å². The van der Waals surface area contributed by atoms with E-state index < -0.39 is 5.95 Å². The molecule has 0 radical (unpaired) electrons. The zero-order valence-corrected chi connectivity index (χ0v) is 13.5. The third-order valence-electron chi connectivity index (χ3n) is 5.08. The summed E-state index contributed by atoms with van der Waals surface area (Å²) in [6.07, 6.45) is 2.87. The average Bonchev–Trinajstić information content (AvgIpc) is 3.14. The molecule has 2 atom stereocenters. The Bertz CT molecular complexity index is 767. The number of hydrogen-bond acceptors (Lipinski definition) is 4. The third-order valence-corrected chi connectivity index (χ3v) is 5.08. The number of benzene rings is 1. The number of fused-ring (bicyclic) bond motifs is 1. The van der Waals surface area contributed by atoms with Gasteiger partial charge in [-0.25, -0.2) is 9.97 Å². The van der Waals surface area contributed by atoms with Gasteiger partial charge in [0.25, 0.3) is 11.9 Å². The quantitative estimate of drug-likeness (QED) is 0.848. The predicted molar refractivity (Wildman–Crippen MR) is 88.3 cm³/mol. The molecule has 2 aliphatic rings. The molecule has 2 saturated heterocycles. The number of hydrogen-bond donors (Lipinski definition) is 0. The smallest absolute Gasteiger partial charge is 0.255 e. The molecule has 0 N–H and O–H groups in total. The molecule has 24 heavy (non-hydrogen) atoms. The van der Waals surface area contributed by atoms with Gasteiger partial charge >= 0.3 is 0 Å². The number of nitrogens with zero attached hydrogens (tertiary/aromatic N) is 4. The van der Waals surface area contributed by atoms with Gasteiger partial charge in [0.05, 0.1) is 0 Å². The van der Waals surface area contributed by atoms with E-state index in [2.05, 4.69) is 9.97 Å². The molecule has 1 amide bonds. The van der Waals surface area contributed by atoms with Gasteiger partial charge in [-0.05, 0) is 18.6 Å². The first kappa shape index (κ1) is 15.1. The van der Waals surface area contributed by atoms with Crippen LogP contribution in [0.4, 0.5) is 10.2 Å². The van der Waals surface area contributed by atoms with Crippen LogP contribution in [0.1, 0.15) is 15.9 Å². The Labute approximate surface area is 140 Å². The van der Waals surface area contributed by atoms with Crippen molar-refractivity contribution in [2.45, 2.75) is 6.92 Å². The highest BCUT2D eigenvalue weighted by Gasteiger charge is 2.42. The van der Waals surface area contributed by atoms with E-state index in [1.165, 1.54) is 12.4 Å². The van der Waals surface area contributed by atoms with Gasteiger partial charge in [0.2, 0.25) is 0 Å². The van der Waals surface area contributed by atoms with Crippen LogP contribution in [0.15, 0.2) is 36.7 Å². The molecule has 3 heterocycles. The zero-order chi connectivity index (χ0) is 16.7. The fraction of sp³-hybridized carbons (Fsp3) is 0.389. The number of aromatic nitrogens is 2. The van der Waals surface area contributed by atoms with E-state index in [-0.39, 0.29) is 5.91 Å². The summed E-state index contributed by atoms with van der Waals surface area (Å²) in [6.45, 7) is 4.84. The van der Waals surface area contributed by atoms with Crippen molar-refractivity contribution in [2.24, 2.45) is 11.8 Å². The van der Waals surface area contributed by atoms with Crippen LogP contribution in [0.3, 0.4) is 0 Å². The van der Waals surface area contributed by atoms with Crippen LogP contribution in [0.25, 0.3) is 0 Å². The first-order valence-electron chi connectivity index (χ1n) is 8.20. The Morgan fingerprint density at radius 3 is 2.42 bits per heavy atom. The van der Waals surface area contributed by atoms with E-state index in [1.807, 2.05) is 41.0 Å². The summed E-state index contributed by atoms with van der Waals surface area (Å²) in [4.78, 5) is 24.4. The van der Waals surface area contributed by atoms with Crippen molar-refractivity contribution in [1.29, 1.82) is 0 Å². The molecule has 0 saturated carbocycles. The largest absolute Gasteiger partial charge is 0.352 e. The maximum atomic E-state index is 13.8. The maximum absolute atomic E-state index is 13.8. The van der Waals surface area contributed by atoms with Crippen molar-refractivity contribution in [3.05, 3.63) is 53.7 Å². The second-order valence-electron chi connectivity index (χ2n) is 6.62. The van der Waals surface area contributed by atoms with Crippen molar-refractivity contribution >= 4 is 11.7 Å². The molecule has 4 rings (SSSR count). The summed E-state index contributed by atoms with van der Waals surface area (Å²) in [5.41, 5.74) is 1.78. The number of halogens is 1. The van der Waals surface area contributed by atoms with E-state index in [0.717, 1.165) is 37.3 Å². The second-order valence-corrected chi connectivity index (χ2v) is 6.62. The van der Waals surface area contributed by atoms with Crippen molar-refractivity contribution < 1.29 is 9.18 Å². The standard InChI is InChI=1S/C18H19FN4O/c1-12-4-2-3-5-15(12)18(24)23-10-13-8-22(9-14(13)11-23)17-16(19)20-6-7-21-17/h2-7,13-14H,8-11H2,1H3/t13-,14+. The number of aryl methyl sites for hydroxylation is 1. The SMILES string of the molecule is Cc1ccccc1C(=O)N1C[C@@H]2CN(c3nccnc3F)C[C@@H]2C1. The van der Waals surface area contributed by atoms with Crippen LogP contribution in [0.2, 0.25) is 0 Å². The minimum absolute atomic E-state index is 0.0970. The van der Waals surface area contributed by atoms with Crippen LogP contribution in [0, 0.1) is 24.7 Å². The number of carbonyl (C=O) groups excluding carboxylic acids is 1. The lowest BCUT2D eigenvalue weighted by atomic mass is 10.0. The minimum atomic E-state index is -0.523. The first-order valence-corrected chi connectivity index (χ1v) is 8.20. The van der Waals surface area contributed by atoms with Gasteiger partial charge in [-0.2, -0.15) is 4.39 Å². The Morgan fingerprint density at radius 2 is 1.75 bits per heavy atom. The van der Waals surface area contributed by atoms with Gasteiger partial charge in [-0.1, -0.05) is 18.2 Å². The first-order chi connectivity index (χ1) is 11.6. The maximum Gasteiger partial charge on any atom is 0.255 e. The summed E-state index contributed by atoms with van der Waals surface area (Å²) >= 11 is 0. The fourth-order valence-electron chi connectivity index (χ4n) is 3.84. The molecule has 0 aliphatic carbocycles. The highest BCUT2D eigenvalue weighted by molar-refractivity contribution is 5.95. The molecule has 5 nitrogen and oxygen atoms in total. The van der Waals surface area contributed by atoms with Crippen molar-refractivity contribution in [1.82, 2.24) is 14.9 Å². The molecule has 0 spiro atoms. The Hall–Kier alpha value is -2.50. The van der Waals surface area contributed by atoms with E-state index in [9.17, 15) is 9.18 Å². The topological polar surface area (TPSA) is 49.3 Å². The normalized spacial score (nSPS) is 22.8. The molecular formula is C18H19FN4O. The molecule has 6 heteroatoms. The lowest BCUT2D eigenvalue weighted by molar-refractivity contribution is 0.0782. The molecule has 0 unspecified atom stereocenters. The number of likely N-dealkylation sites (tertiary alicyclic amines) is 1. The third kappa shape index (κ3) is 2.52. The summed E-state index contributed by atoms with van der Waals surface area (Å²) in [6, 6.07) is 7.68. The van der Waals surface area contributed by atoms with Gasteiger partial charge in [-0.15, -0.1) is 0 Å². The van der Waals surface area contributed by atoms with Crippen molar-refractivity contribution in [2.75, 3.05) is 31.1 Å². The lowest BCUT2D eigenvalue weighted by Crippen LogP contribution is -2.34. The second kappa shape index (κ2) is 5.85. The molecule has 2 aromatic rings. The Balaban J connectivity index is 1.46. The van der Waals surface area contributed by atoms with E-state index in [0.29, 0.717) is 17.7 Å². The Kier molecular flexibility index (Phi) is 3.67. The van der Waals surface area contributed by atoms with Crippen LogP contribution < -0.4 is 4.90 Å². The molecule has 1 aromatic carbocycles. The summed E-state index contributed by atoms with van der Waals surface area (Å²) < 4.78 is 13.8. The van der Waals surface area contributed by atoms with Crippen LogP contribution in [-0.4, -0.2) is 47.0 Å². The van der Waals surface area contributed by atoms with Crippen molar-refractivity contribution in [3.8, 4) is 0 Å².